The number of hydrogen-bond acceptors (Lipinski definition) is 6. The van der Waals surface area contributed by atoms with Crippen molar-refractivity contribution in [3.8, 4) is 5.75 Å². The third-order valence-electron chi connectivity index (χ3n) is 4.61. The maximum Gasteiger partial charge on any atom is 0.375 e. The zero-order chi connectivity index (χ0) is 21.5. The molecule has 3 aromatic rings. The van der Waals surface area contributed by atoms with Gasteiger partial charge in [0.05, 0.1) is 13.7 Å². The van der Waals surface area contributed by atoms with Crippen molar-refractivity contribution in [1.82, 2.24) is 5.32 Å². The van der Waals surface area contributed by atoms with Gasteiger partial charge in [0.2, 0.25) is 5.76 Å². The summed E-state index contributed by atoms with van der Waals surface area (Å²) in [5, 5.41) is 3.54. The fourth-order valence-electron chi connectivity index (χ4n) is 2.95. The molecule has 0 spiro atoms. The molecule has 30 heavy (non-hydrogen) atoms. The number of hydrogen-bond donors (Lipinski definition) is 1. The van der Waals surface area contributed by atoms with Gasteiger partial charge in [0.15, 0.2) is 6.10 Å². The number of carbonyl (C=O) groups is 2. The summed E-state index contributed by atoms with van der Waals surface area (Å²) in [5.41, 5.74) is 2.08. The van der Waals surface area contributed by atoms with Crippen LogP contribution in [0, 0.1) is 0 Å². The lowest BCUT2D eigenvalue weighted by Gasteiger charge is -2.13. The van der Waals surface area contributed by atoms with Crippen LogP contribution in [-0.2, 0) is 27.4 Å². The third-order valence-corrected chi connectivity index (χ3v) is 4.61. The van der Waals surface area contributed by atoms with E-state index in [4.69, 9.17) is 18.6 Å². The topological polar surface area (TPSA) is 87.0 Å². The first-order valence-corrected chi connectivity index (χ1v) is 9.73. The Bertz CT molecular complexity index is 1010. The molecule has 0 bridgehead atoms. The van der Waals surface area contributed by atoms with Crippen molar-refractivity contribution in [2.75, 3.05) is 13.7 Å². The van der Waals surface area contributed by atoms with Crippen LogP contribution in [0.4, 0.5) is 0 Å². The Morgan fingerprint density at radius 1 is 1.10 bits per heavy atom. The summed E-state index contributed by atoms with van der Waals surface area (Å²) in [4.78, 5) is 25.1. The number of rotatable bonds is 9. The summed E-state index contributed by atoms with van der Waals surface area (Å²) < 4.78 is 21.6. The van der Waals surface area contributed by atoms with Crippen molar-refractivity contribution in [2.24, 2.45) is 0 Å². The minimum Gasteiger partial charge on any atom is -0.497 e. The highest BCUT2D eigenvalue weighted by Crippen LogP contribution is 2.27. The lowest BCUT2D eigenvalue weighted by molar-refractivity contribution is -0.129. The van der Waals surface area contributed by atoms with Crippen molar-refractivity contribution < 1.29 is 28.2 Å². The fraction of sp³-hybridized carbons (Fsp3) is 0.304. The zero-order valence-corrected chi connectivity index (χ0v) is 17.3. The van der Waals surface area contributed by atoms with Gasteiger partial charge in [0.1, 0.15) is 11.3 Å². The molecule has 1 N–H and O–H groups in total. The monoisotopic (exact) mass is 411 g/mol. The molecular weight excluding hydrogens is 386 g/mol. The highest BCUT2D eigenvalue weighted by Gasteiger charge is 2.25. The Morgan fingerprint density at radius 2 is 1.83 bits per heavy atom. The maximum absolute atomic E-state index is 12.7. The van der Waals surface area contributed by atoms with E-state index in [2.05, 4.69) is 5.32 Å². The Kier molecular flexibility index (Phi) is 7.08. The van der Waals surface area contributed by atoms with Crippen LogP contribution in [0.25, 0.3) is 11.0 Å². The first-order valence-electron chi connectivity index (χ1n) is 9.73. The number of carbonyl (C=O) groups excluding carboxylic acids is 2. The van der Waals surface area contributed by atoms with E-state index < -0.39 is 18.0 Å². The Labute approximate surface area is 174 Å². The van der Waals surface area contributed by atoms with Crippen LogP contribution < -0.4 is 10.1 Å². The van der Waals surface area contributed by atoms with Crippen molar-refractivity contribution in [3.05, 3.63) is 65.4 Å². The maximum atomic E-state index is 12.7. The van der Waals surface area contributed by atoms with Gasteiger partial charge >= 0.3 is 5.97 Å². The second-order valence-corrected chi connectivity index (χ2v) is 6.66. The molecule has 7 nitrogen and oxygen atoms in total. The smallest absolute Gasteiger partial charge is 0.375 e. The predicted octanol–water partition coefficient (Wildman–Crippen LogP) is 3.84. The molecule has 2 aromatic carbocycles. The molecule has 7 heteroatoms. The van der Waals surface area contributed by atoms with Crippen LogP contribution >= 0.6 is 0 Å². The standard InChI is InChI=1S/C23H25NO6/c1-4-28-14-19-18-7-5-6-8-20(18)30-21(19)23(26)29-15(2)22(25)24-13-16-9-11-17(27-3)12-10-16/h5-12,15H,4,13-14H2,1-3H3,(H,24,25)/t15-/m0/s1. The van der Waals surface area contributed by atoms with E-state index in [1.54, 1.807) is 13.2 Å². The average molecular weight is 411 g/mol. The molecule has 0 aliphatic rings. The summed E-state index contributed by atoms with van der Waals surface area (Å²) in [6, 6.07) is 14.6. The highest BCUT2D eigenvalue weighted by atomic mass is 16.6. The van der Waals surface area contributed by atoms with Crippen molar-refractivity contribution in [3.63, 3.8) is 0 Å². The number of amides is 1. The van der Waals surface area contributed by atoms with Crippen LogP contribution in [0.5, 0.6) is 5.75 Å². The number of ether oxygens (including phenoxy) is 3. The molecule has 1 atom stereocenters. The van der Waals surface area contributed by atoms with E-state index in [-0.39, 0.29) is 12.4 Å². The number of furan rings is 1. The minimum absolute atomic E-state index is 0.0551. The van der Waals surface area contributed by atoms with E-state index in [1.165, 1.54) is 6.92 Å². The van der Waals surface area contributed by atoms with Crippen molar-refractivity contribution >= 4 is 22.8 Å². The van der Waals surface area contributed by atoms with Gasteiger partial charge in [0, 0.05) is 24.1 Å². The van der Waals surface area contributed by atoms with Crippen LogP contribution in [0.15, 0.2) is 52.9 Å². The highest BCUT2D eigenvalue weighted by molar-refractivity contribution is 5.97. The molecule has 1 aromatic heterocycles. The Balaban J connectivity index is 1.65. The fourth-order valence-corrected chi connectivity index (χ4v) is 2.95. The van der Waals surface area contributed by atoms with Gasteiger partial charge in [0.25, 0.3) is 5.91 Å². The minimum atomic E-state index is -0.982. The average Bonchev–Trinajstić information content (AvgIpc) is 3.15. The molecule has 158 valence electrons. The second kappa shape index (κ2) is 9.93. The summed E-state index contributed by atoms with van der Waals surface area (Å²) in [5.74, 6) is -0.310. The molecule has 1 amide bonds. The van der Waals surface area contributed by atoms with Gasteiger partial charge in [-0.2, -0.15) is 0 Å². The Hall–Kier alpha value is -3.32. The molecule has 0 radical (unpaired) electrons. The number of nitrogens with one attached hydrogen (secondary N) is 1. The van der Waals surface area contributed by atoms with Crippen LogP contribution in [0.3, 0.4) is 0 Å². The first-order chi connectivity index (χ1) is 14.5. The van der Waals surface area contributed by atoms with Crippen LogP contribution in [-0.4, -0.2) is 31.7 Å². The van der Waals surface area contributed by atoms with E-state index in [1.807, 2.05) is 49.4 Å². The van der Waals surface area contributed by atoms with Gasteiger partial charge < -0.3 is 23.9 Å². The van der Waals surface area contributed by atoms with Gasteiger partial charge in [-0.1, -0.05) is 30.3 Å². The normalized spacial score (nSPS) is 11.8. The predicted molar refractivity (Wildman–Crippen MR) is 111 cm³/mol. The van der Waals surface area contributed by atoms with E-state index in [0.717, 1.165) is 16.7 Å². The quantitative estimate of drug-likeness (QED) is 0.539. The van der Waals surface area contributed by atoms with Gasteiger partial charge in [-0.05, 0) is 37.6 Å². The molecular formula is C23H25NO6. The van der Waals surface area contributed by atoms with Crippen LogP contribution in [0.2, 0.25) is 0 Å². The van der Waals surface area contributed by atoms with Gasteiger partial charge in [-0.3, -0.25) is 4.79 Å². The molecule has 0 saturated heterocycles. The molecule has 0 aliphatic carbocycles. The number of fused-ring (bicyclic) bond motifs is 1. The lowest BCUT2D eigenvalue weighted by Crippen LogP contribution is -2.35. The lowest BCUT2D eigenvalue weighted by atomic mass is 10.1. The number of esters is 1. The van der Waals surface area contributed by atoms with Gasteiger partial charge in [-0.25, -0.2) is 4.79 Å². The molecule has 1 heterocycles. The molecule has 0 unspecified atom stereocenters. The van der Waals surface area contributed by atoms with Crippen molar-refractivity contribution in [2.45, 2.75) is 33.1 Å². The molecule has 3 rings (SSSR count). The van der Waals surface area contributed by atoms with E-state index in [9.17, 15) is 9.59 Å². The SMILES string of the molecule is CCOCc1c(C(=O)O[C@@H](C)C(=O)NCc2ccc(OC)cc2)oc2ccccc12. The van der Waals surface area contributed by atoms with Crippen molar-refractivity contribution in [1.29, 1.82) is 0 Å². The summed E-state index contributed by atoms with van der Waals surface area (Å²) >= 11 is 0. The number of para-hydroxylation sites is 1. The number of methoxy groups -OCH3 is 1. The second-order valence-electron chi connectivity index (χ2n) is 6.66. The summed E-state index contributed by atoms with van der Waals surface area (Å²) in [6.07, 6.45) is -0.982. The molecule has 0 fully saturated rings. The first kappa shape index (κ1) is 21.4. The van der Waals surface area contributed by atoms with Gasteiger partial charge in [-0.15, -0.1) is 0 Å². The largest absolute Gasteiger partial charge is 0.497 e. The summed E-state index contributed by atoms with van der Waals surface area (Å²) in [7, 11) is 1.59. The number of benzene rings is 2. The van der Waals surface area contributed by atoms with E-state index in [0.29, 0.717) is 24.3 Å². The molecule has 0 aliphatic heterocycles. The Morgan fingerprint density at radius 3 is 2.53 bits per heavy atom. The zero-order valence-electron chi connectivity index (χ0n) is 17.3. The van der Waals surface area contributed by atoms with Crippen LogP contribution in [0.1, 0.15) is 35.5 Å². The third kappa shape index (κ3) is 4.99. The summed E-state index contributed by atoms with van der Waals surface area (Å²) in [6.45, 7) is 4.42. The molecule has 0 saturated carbocycles. The van der Waals surface area contributed by atoms with E-state index >= 15 is 0 Å².